The van der Waals surface area contributed by atoms with Crippen molar-refractivity contribution in [1.82, 2.24) is 10.3 Å². The molecule has 2 N–H and O–H groups in total. The van der Waals surface area contributed by atoms with E-state index in [0.717, 1.165) is 20.9 Å². The van der Waals surface area contributed by atoms with Crippen LogP contribution in [0, 0.1) is 10.9 Å². The highest BCUT2D eigenvalue weighted by Gasteiger charge is 2.11. The summed E-state index contributed by atoms with van der Waals surface area (Å²) in [6.45, 7) is 6.21. The Morgan fingerprint density at radius 2 is 2.22 bits per heavy atom. The van der Waals surface area contributed by atoms with Crippen LogP contribution in [0.5, 0.6) is 0 Å². The summed E-state index contributed by atoms with van der Waals surface area (Å²) in [5.74, 6) is 0.0901. The molecular formula is C13H22N2OS2. The lowest BCUT2D eigenvalue weighted by molar-refractivity contribution is -0.121. The number of carbonyl (C=O) groups excluding carboxylic acids is 1. The molecule has 1 rings (SSSR count). The summed E-state index contributed by atoms with van der Waals surface area (Å²) >= 11 is 6.55. The van der Waals surface area contributed by atoms with Crippen molar-refractivity contribution in [3.63, 3.8) is 0 Å². The Kier molecular flexibility index (Phi) is 6.57. The quantitative estimate of drug-likeness (QED) is 0.592. The molecule has 18 heavy (non-hydrogen) atoms. The predicted octanol–water partition coefficient (Wildman–Crippen LogP) is 3.74. The van der Waals surface area contributed by atoms with Crippen molar-refractivity contribution in [1.29, 1.82) is 0 Å². The molecule has 0 aliphatic carbocycles. The summed E-state index contributed by atoms with van der Waals surface area (Å²) in [5, 5.41) is 3.04. The molecule has 0 saturated carbocycles. The van der Waals surface area contributed by atoms with Gasteiger partial charge in [0, 0.05) is 16.6 Å². The van der Waals surface area contributed by atoms with E-state index in [-0.39, 0.29) is 11.9 Å². The largest absolute Gasteiger partial charge is 0.353 e. The Labute approximate surface area is 118 Å². The minimum absolute atomic E-state index is 0.0901. The van der Waals surface area contributed by atoms with Crippen LogP contribution in [0.1, 0.15) is 50.1 Å². The first-order valence-corrected chi connectivity index (χ1v) is 7.73. The van der Waals surface area contributed by atoms with E-state index in [2.05, 4.69) is 24.1 Å². The van der Waals surface area contributed by atoms with Gasteiger partial charge in [0.15, 0.2) is 3.95 Å². The zero-order valence-electron chi connectivity index (χ0n) is 11.3. The minimum atomic E-state index is 0.0901. The van der Waals surface area contributed by atoms with Crippen molar-refractivity contribution in [2.45, 2.75) is 58.9 Å². The summed E-state index contributed by atoms with van der Waals surface area (Å²) in [6, 6.07) is 0.260. The van der Waals surface area contributed by atoms with Crippen LogP contribution in [0.4, 0.5) is 0 Å². The lowest BCUT2D eigenvalue weighted by atomic mass is 10.1. The van der Waals surface area contributed by atoms with Gasteiger partial charge in [0.05, 0.1) is 6.42 Å². The molecular weight excluding hydrogens is 264 g/mol. The van der Waals surface area contributed by atoms with Crippen molar-refractivity contribution in [2.75, 3.05) is 0 Å². The monoisotopic (exact) mass is 286 g/mol. The van der Waals surface area contributed by atoms with Crippen LogP contribution in [0.2, 0.25) is 0 Å². The van der Waals surface area contributed by atoms with E-state index >= 15 is 0 Å². The van der Waals surface area contributed by atoms with Crippen molar-refractivity contribution >= 4 is 29.5 Å². The average Bonchev–Trinajstić information content (AvgIpc) is 2.57. The minimum Gasteiger partial charge on any atom is -0.353 e. The third-order valence-electron chi connectivity index (χ3n) is 2.89. The molecule has 1 aromatic heterocycles. The molecule has 0 bridgehead atoms. The number of aromatic nitrogens is 1. The van der Waals surface area contributed by atoms with Gasteiger partial charge < -0.3 is 10.3 Å². The summed E-state index contributed by atoms with van der Waals surface area (Å²) in [5.41, 5.74) is 1.01. The van der Waals surface area contributed by atoms with E-state index in [1.54, 1.807) is 0 Å². The number of aryl methyl sites for hydroxylation is 1. The molecule has 0 spiro atoms. The van der Waals surface area contributed by atoms with Gasteiger partial charge in [-0.05, 0) is 32.5 Å². The van der Waals surface area contributed by atoms with Gasteiger partial charge in [-0.1, -0.05) is 26.2 Å². The molecule has 0 fully saturated rings. The standard InChI is InChI=1S/C13H22N2OS2/c1-4-5-6-7-9(2)14-12(16)8-11-10(3)15-13(17)18-11/h9H,4-8H2,1-3H3,(H,14,16)(H,15,17). The van der Waals surface area contributed by atoms with E-state index in [1.165, 1.54) is 30.6 Å². The molecule has 0 radical (unpaired) electrons. The highest BCUT2D eigenvalue weighted by molar-refractivity contribution is 7.73. The van der Waals surface area contributed by atoms with E-state index < -0.39 is 0 Å². The molecule has 3 nitrogen and oxygen atoms in total. The molecule has 0 saturated heterocycles. The van der Waals surface area contributed by atoms with Gasteiger partial charge in [0.25, 0.3) is 0 Å². The second kappa shape index (κ2) is 7.69. The topological polar surface area (TPSA) is 44.9 Å². The number of rotatable bonds is 7. The lowest BCUT2D eigenvalue weighted by Crippen LogP contribution is -2.33. The van der Waals surface area contributed by atoms with E-state index in [4.69, 9.17) is 12.2 Å². The van der Waals surface area contributed by atoms with Crippen LogP contribution in [0.3, 0.4) is 0 Å². The van der Waals surface area contributed by atoms with E-state index in [9.17, 15) is 4.79 Å². The fraction of sp³-hybridized carbons (Fsp3) is 0.692. The second-order valence-electron chi connectivity index (χ2n) is 4.70. The Balaban J connectivity index is 2.37. The maximum Gasteiger partial charge on any atom is 0.225 e. The first-order valence-electron chi connectivity index (χ1n) is 6.50. The number of carbonyl (C=O) groups is 1. The number of amides is 1. The molecule has 5 heteroatoms. The number of H-pyrrole nitrogens is 1. The molecule has 1 aromatic rings. The molecule has 1 heterocycles. The first kappa shape index (κ1) is 15.4. The third kappa shape index (κ3) is 5.31. The SMILES string of the molecule is CCCCCC(C)NC(=O)Cc1sc(=S)[nH]c1C. The van der Waals surface area contributed by atoms with Crippen molar-refractivity contribution < 1.29 is 4.79 Å². The van der Waals surface area contributed by atoms with Gasteiger partial charge in [-0.3, -0.25) is 4.79 Å². The van der Waals surface area contributed by atoms with Crippen LogP contribution in [-0.4, -0.2) is 16.9 Å². The Bertz CT molecular complexity index is 436. The van der Waals surface area contributed by atoms with Crippen molar-refractivity contribution in [3.8, 4) is 0 Å². The van der Waals surface area contributed by atoms with Gasteiger partial charge in [-0.25, -0.2) is 0 Å². The number of thiazole rings is 1. The Morgan fingerprint density at radius 3 is 2.78 bits per heavy atom. The number of aromatic amines is 1. The molecule has 0 aromatic carbocycles. The predicted molar refractivity (Wildman–Crippen MR) is 79.7 cm³/mol. The first-order chi connectivity index (χ1) is 8.52. The van der Waals surface area contributed by atoms with Gasteiger partial charge >= 0.3 is 0 Å². The molecule has 102 valence electrons. The van der Waals surface area contributed by atoms with Gasteiger partial charge in [-0.15, -0.1) is 11.3 Å². The maximum atomic E-state index is 11.9. The smallest absolute Gasteiger partial charge is 0.225 e. The highest BCUT2D eigenvalue weighted by atomic mass is 32.1. The van der Waals surface area contributed by atoms with Crippen LogP contribution in [0.15, 0.2) is 0 Å². The zero-order chi connectivity index (χ0) is 13.5. The summed E-state index contributed by atoms with van der Waals surface area (Å²) in [7, 11) is 0. The Hall–Kier alpha value is -0.680. The van der Waals surface area contributed by atoms with Crippen LogP contribution in [0.25, 0.3) is 0 Å². The van der Waals surface area contributed by atoms with Gasteiger partial charge in [0.2, 0.25) is 5.91 Å². The van der Waals surface area contributed by atoms with Crippen molar-refractivity contribution in [3.05, 3.63) is 14.5 Å². The van der Waals surface area contributed by atoms with Gasteiger partial charge in [0.1, 0.15) is 0 Å². The number of hydrogen-bond donors (Lipinski definition) is 2. The molecule has 0 aliphatic heterocycles. The average molecular weight is 286 g/mol. The summed E-state index contributed by atoms with van der Waals surface area (Å²) < 4.78 is 0.742. The second-order valence-corrected chi connectivity index (χ2v) is 6.48. The fourth-order valence-electron chi connectivity index (χ4n) is 1.85. The number of unbranched alkanes of at least 4 members (excludes halogenated alkanes) is 2. The van der Waals surface area contributed by atoms with Crippen molar-refractivity contribution in [2.24, 2.45) is 0 Å². The lowest BCUT2D eigenvalue weighted by Gasteiger charge is -2.13. The van der Waals surface area contributed by atoms with Crippen LogP contribution in [-0.2, 0) is 11.2 Å². The van der Waals surface area contributed by atoms with E-state index in [1.807, 2.05) is 6.92 Å². The molecule has 0 aliphatic rings. The van der Waals surface area contributed by atoms with Crippen LogP contribution < -0.4 is 5.32 Å². The number of nitrogens with one attached hydrogen (secondary N) is 2. The fourth-order valence-corrected chi connectivity index (χ4v) is 3.14. The summed E-state index contributed by atoms with van der Waals surface area (Å²) in [6.07, 6.45) is 5.12. The number of hydrogen-bond acceptors (Lipinski definition) is 3. The normalized spacial score (nSPS) is 12.4. The summed E-state index contributed by atoms with van der Waals surface area (Å²) in [4.78, 5) is 16.0. The van der Waals surface area contributed by atoms with Crippen LogP contribution >= 0.6 is 23.6 Å². The molecule has 1 atom stereocenters. The Morgan fingerprint density at radius 1 is 1.50 bits per heavy atom. The molecule has 1 unspecified atom stereocenters. The third-order valence-corrected chi connectivity index (χ3v) is 4.23. The van der Waals surface area contributed by atoms with E-state index in [0.29, 0.717) is 6.42 Å². The van der Waals surface area contributed by atoms with Gasteiger partial charge in [-0.2, -0.15) is 0 Å². The highest BCUT2D eigenvalue weighted by Crippen LogP contribution is 2.15. The zero-order valence-corrected chi connectivity index (χ0v) is 13.0. The molecule has 1 amide bonds. The maximum absolute atomic E-state index is 11.9.